The van der Waals surface area contributed by atoms with E-state index < -0.39 is 0 Å². The first-order valence-corrected chi connectivity index (χ1v) is 6.74. The number of nitriles is 1. The number of nitrogens with zero attached hydrogens (tertiary/aromatic N) is 1. The molecule has 0 N–H and O–H groups in total. The lowest BCUT2D eigenvalue weighted by Crippen LogP contribution is -2.18. The van der Waals surface area contributed by atoms with Crippen LogP contribution in [0.25, 0.3) is 0 Å². The van der Waals surface area contributed by atoms with Crippen LogP contribution in [-0.4, -0.2) is 20.3 Å². The van der Waals surface area contributed by atoms with Gasteiger partial charge in [-0.15, -0.1) is 0 Å². The van der Waals surface area contributed by atoms with Crippen LogP contribution >= 0.6 is 0 Å². The molecule has 1 aromatic rings. The monoisotopic (exact) mass is 259 g/mol. The SMILES string of the molecule is COc1c2c(c(CC#N)c3c1OCCC3)OCCC2. The summed E-state index contributed by atoms with van der Waals surface area (Å²) in [7, 11) is 1.67. The number of ether oxygens (including phenoxy) is 3. The summed E-state index contributed by atoms with van der Waals surface area (Å²) in [5, 5.41) is 9.07. The van der Waals surface area contributed by atoms with E-state index in [1.165, 1.54) is 0 Å². The zero-order chi connectivity index (χ0) is 13.2. The van der Waals surface area contributed by atoms with Crippen molar-refractivity contribution in [2.24, 2.45) is 0 Å². The Balaban J connectivity index is 2.26. The van der Waals surface area contributed by atoms with Crippen molar-refractivity contribution in [1.29, 1.82) is 5.26 Å². The molecule has 0 saturated carbocycles. The molecule has 0 aliphatic carbocycles. The van der Waals surface area contributed by atoms with Gasteiger partial charge < -0.3 is 14.2 Å². The van der Waals surface area contributed by atoms with Gasteiger partial charge in [0.05, 0.1) is 32.8 Å². The van der Waals surface area contributed by atoms with E-state index in [1.807, 2.05) is 0 Å². The van der Waals surface area contributed by atoms with Crippen molar-refractivity contribution >= 4 is 0 Å². The molecule has 0 atom stereocenters. The highest BCUT2D eigenvalue weighted by Gasteiger charge is 2.29. The van der Waals surface area contributed by atoms with E-state index >= 15 is 0 Å². The smallest absolute Gasteiger partial charge is 0.167 e. The van der Waals surface area contributed by atoms with Gasteiger partial charge >= 0.3 is 0 Å². The third-order valence-electron chi connectivity index (χ3n) is 3.76. The Hall–Kier alpha value is -1.89. The molecule has 0 amide bonds. The average molecular weight is 259 g/mol. The van der Waals surface area contributed by atoms with Crippen LogP contribution in [0.15, 0.2) is 0 Å². The van der Waals surface area contributed by atoms with Crippen LogP contribution in [0.4, 0.5) is 0 Å². The lowest BCUT2D eigenvalue weighted by molar-refractivity contribution is 0.251. The molecule has 0 bridgehead atoms. The summed E-state index contributed by atoms with van der Waals surface area (Å²) in [6.07, 6.45) is 4.19. The maximum Gasteiger partial charge on any atom is 0.167 e. The minimum atomic E-state index is 0.373. The summed E-state index contributed by atoms with van der Waals surface area (Å²) in [6.45, 7) is 1.43. The number of fused-ring (bicyclic) bond motifs is 2. The van der Waals surface area contributed by atoms with Gasteiger partial charge in [0.2, 0.25) is 0 Å². The maximum absolute atomic E-state index is 9.07. The number of hydrogen-bond donors (Lipinski definition) is 0. The van der Waals surface area contributed by atoms with E-state index in [0.29, 0.717) is 13.0 Å². The highest BCUT2D eigenvalue weighted by Crippen LogP contribution is 2.48. The number of methoxy groups -OCH3 is 1. The van der Waals surface area contributed by atoms with Crippen molar-refractivity contribution in [2.45, 2.75) is 32.1 Å². The van der Waals surface area contributed by atoms with Gasteiger partial charge in [0.15, 0.2) is 11.5 Å². The second kappa shape index (κ2) is 5.00. The second-order valence-electron chi connectivity index (χ2n) is 4.87. The lowest BCUT2D eigenvalue weighted by Gasteiger charge is -2.29. The summed E-state index contributed by atoms with van der Waals surface area (Å²) in [6, 6.07) is 2.25. The third-order valence-corrected chi connectivity index (χ3v) is 3.76. The topological polar surface area (TPSA) is 51.5 Å². The average Bonchev–Trinajstić information content (AvgIpc) is 2.47. The molecule has 1 aromatic carbocycles. The summed E-state index contributed by atoms with van der Waals surface area (Å²) >= 11 is 0. The van der Waals surface area contributed by atoms with E-state index in [4.69, 9.17) is 19.5 Å². The Labute approximate surface area is 112 Å². The quantitative estimate of drug-likeness (QED) is 0.818. The molecule has 2 aliphatic heterocycles. The molecule has 0 saturated heterocycles. The molecule has 0 radical (unpaired) electrons. The Morgan fingerprint density at radius 1 is 1.11 bits per heavy atom. The molecule has 0 aromatic heterocycles. The minimum Gasteiger partial charge on any atom is -0.493 e. The molecule has 3 rings (SSSR count). The van der Waals surface area contributed by atoms with E-state index in [0.717, 1.165) is 66.2 Å². The fourth-order valence-electron chi connectivity index (χ4n) is 2.98. The Morgan fingerprint density at radius 3 is 2.47 bits per heavy atom. The van der Waals surface area contributed by atoms with Crippen LogP contribution < -0.4 is 14.2 Å². The van der Waals surface area contributed by atoms with E-state index in [2.05, 4.69) is 6.07 Å². The Kier molecular flexibility index (Phi) is 3.20. The van der Waals surface area contributed by atoms with Crippen LogP contribution in [0.3, 0.4) is 0 Å². The lowest BCUT2D eigenvalue weighted by atomic mass is 9.91. The molecule has 0 unspecified atom stereocenters. The predicted molar refractivity (Wildman–Crippen MR) is 69.9 cm³/mol. The number of benzene rings is 1. The zero-order valence-electron chi connectivity index (χ0n) is 11.1. The Bertz CT molecular complexity index is 508. The summed E-state index contributed by atoms with van der Waals surface area (Å²) < 4.78 is 17.2. The van der Waals surface area contributed by atoms with Gasteiger partial charge in [-0.25, -0.2) is 0 Å². The van der Waals surface area contributed by atoms with Crippen molar-refractivity contribution in [1.82, 2.24) is 0 Å². The molecule has 2 heterocycles. The number of rotatable bonds is 2. The predicted octanol–water partition coefficient (Wildman–Crippen LogP) is 2.41. The molecular weight excluding hydrogens is 242 g/mol. The normalized spacial score (nSPS) is 16.4. The molecule has 4 nitrogen and oxygen atoms in total. The van der Waals surface area contributed by atoms with Crippen molar-refractivity contribution in [3.63, 3.8) is 0 Å². The minimum absolute atomic E-state index is 0.373. The van der Waals surface area contributed by atoms with Crippen LogP contribution in [-0.2, 0) is 19.3 Å². The first kappa shape index (κ1) is 12.2. The first-order valence-electron chi connectivity index (χ1n) is 6.74. The van der Waals surface area contributed by atoms with Crippen molar-refractivity contribution in [3.8, 4) is 23.3 Å². The van der Waals surface area contributed by atoms with Gasteiger partial charge in [0.1, 0.15) is 5.75 Å². The maximum atomic E-state index is 9.07. The van der Waals surface area contributed by atoms with Crippen molar-refractivity contribution in [3.05, 3.63) is 16.7 Å². The summed E-state index contributed by atoms with van der Waals surface area (Å²) in [5.74, 6) is 2.52. The largest absolute Gasteiger partial charge is 0.493 e. The number of hydrogen-bond acceptors (Lipinski definition) is 4. The molecule has 0 fully saturated rings. The first-order chi connectivity index (χ1) is 9.36. The summed E-state index contributed by atoms with van der Waals surface area (Å²) in [4.78, 5) is 0. The Morgan fingerprint density at radius 2 is 1.79 bits per heavy atom. The van der Waals surface area contributed by atoms with E-state index in [-0.39, 0.29) is 0 Å². The zero-order valence-corrected chi connectivity index (χ0v) is 11.1. The third kappa shape index (κ3) is 1.90. The van der Waals surface area contributed by atoms with E-state index in [1.54, 1.807) is 7.11 Å². The molecule has 100 valence electrons. The van der Waals surface area contributed by atoms with Crippen LogP contribution in [0.5, 0.6) is 17.2 Å². The van der Waals surface area contributed by atoms with Gasteiger partial charge in [0.25, 0.3) is 0 Å². The van der Waals surface area contributed by atoms with E-state index in [9.17, 15) is 0 Å². The molecule has 19 heavy (non-hydrogen) atoms. The molecule has 0 spiro atoms. The highest BCUT2D eigenvalue weighted by atomic mass is 16.5. The van der Waals surface area contributed by atoms with Gasteiger partial charge in [-0.05, 0) is 25.7 Å². The van der Waals surface area contributed by atoms with Crippen LogP contribution in [0, 0.1) is 11.3 Å². The standard InChI is InChI=1S/C15H17NO3/c1-17-14-12-5-3-8-18-13(12)11(6-7-16)10-4-2-9-19-15(10)14/h2-6,8-9H2,1H3. The molecular formula is C15H17NO3. The highest BCUT2D eigenvalue weighted by molar-refractivity contribution is 5.64. The second-order valence-corrected chi connectivity index (χ2v) is 4.87. The fourth-order valence-corrected chi connectivity index (χ4v) is 2.98. The fraction of sp³-hybridized carbons (Fsp3) is 0.533. The van der Waals surface area contributed by atoms with Gasteiger partial charge in [-0.1, -0.05) is 0 Å². The van der Waals surface area contributed by atoms with Gasteiger partial charge in [-0.3, -0.25) is 0 Å². The van der Waals surface area contributed by atoms with Gasteiger partial charge in [-0.2, -0.15) is 5.26 Å². The van der Waals surface area contributed by atoms with Crippen LogP contribution in [0.1, 0.15) is 29.5 Å². The summed E-state index contributed by atoms with van der Waals surface area (Å²) in [5.41, 5.74) is 3.18. The van der Waals surface area contributed by atoms with Gasteiger partial charge in [0, 0.05) is 16.7 Å². The molecule has 4 heteroatoms. The van der Waals surface area contributed by atoms with Crippen molar-refractivity contribution in [2.75, 3.05) is 20.3 Å². The molecule has 2 aliphatic rings. The van der Waals surface area contributed by atoms with Crippen molar-refractivity contribution < 1.29 is 14.2 Å². The van der Waals surface area contributed by atoms with Crippen LogP contribution in [0.2, 0.25) is 0 Å².